The smallest absolute Gasteiger partial charge is 0.312 e. The molecule has 0 fully saturated rings. The number of aliphatic hydroxyl groups is 1. The molecule has 2 atom stereocenters. The van der Waals surface area contributed by atoms with E-state index in [4.69, 9.17) is 16.3 Å². The second-order valence-corrected chi connectivity index (χ2v) is 5.91. The number of aliphatic hydroxyl groups excluding tert-OH is 1. The Hall–Kier alpha value is -1.13. The standard InChI is InChI=1S/C14H18ClFO3/c1-8(13(18)19-14(2,3)4)12(17)9-5-10(15)7-11(16)6-9/h5-8,12,17H,1-4H3. The van der Waals surface area contributed by atoms with Crippen LogP contribution < -0.4 is 0 Å². The molecule has 0 aromatic heterocycles. The van der Waals surface area contributed by atoms with Gasteiger partial charge < -0.3 is 9.84 Å². The molecule has 0 saturated carbocycles. The van der Waals surface area contributed by atoms with Gasteiger partial charge in [-0.1, -0.05) is 11.6 Å². The van der Waals surface area contributed by atoms with Crippen LogP contribution in [0.2, 0.25) is 5.02 Å². The summed E-state index contributed by atoms with van der Waals surface area (Å²) >= 11 is 5.72. The lowest BCUT2D eigenvalue weighted by Gasteiger charge is -2.24. The number of carbonyl (C=O) groups excluding carboxylic acids is 1. The molecule has 0 bridgehead atoms. The Morgan fingerprint density at radius 1 is 1.37 bits per heavy atom. The molecule has 106 valence electrons. The van der Waals surface area contributed by atoms with E-state index < -0.39 is 29.4 Å². The Kier molecular flexibility index (Phi) is 4.93. The fourth-order valence-electron chi connectivity index (χ4n) is 1.56. The van der Waals surface area contributed by atoms with E-state index in [-0.39, 0.29) is 10.6 Å². The molecule has 5 heteroatoms. The van der Waals surface area contributed by atoms with Crippen molar-refractivity contribution in [2.75, 3.05) is 0 Å². The maximum absolute atomic E-state index is 13.2. The van der Waals surface area contributed by atoms with Crippen LogP contribution in [0.25, 0.3) is 0 Å². The normalized spacial score (nSPS) is 14.9. The van der Waals surface area contributed by atoms with Crippen molar-refractivity contribution in [1.82, 2.24) is 0 Å². The highest BCUT2D eigenvalue weighted by molar-refractivity contribution is 6.30. The molecular formula is C14H18ClFO3. The minimum absolute atomic E-state index is 0.172. The molecule has 0 heterocycles. The van der Waals surface area contributed by atoms with Crippen LogP contribution in [0.15, 0.2) is 18.2 Å². The first-order chi connectivity index (χ1) is 8.60. The molecule has 0 amide bonds. The molecule has 19 heavy (non-hydrogen) atoms. The van der Waals surface area contributed by atoms with Crippen LogP contribution in [0.4, 0.5) is 4.39 Å². The summed E-state index contributed by atoms with van der Waals surface area (Å²) in [5.41, 5.74) is -0.381. The fraction of sp³-hybridized carbons (Fsp3) is 0.500. The van der Waals surface area contributed by atoms with Gasteiger partial charge in [0, 0.05) is 5.02 Å². The first-order valence-electron chi connectivity index (χ1n) is 5.97. The number of ether oxygens (including phenoxy) is 1. The average Bonchev–Trinajstić information content (AvgIpc) is 2.23. The number of benzene rings is 1. The largest absolute Gasteiger partial charge is 0.460 e. The van der Waals surface area contributed by atoms with Gasteiger partial charge in [-0.3, -0.25) is 4.79 Å². The number of rotatable bonds is 3. The Labute approximate surface area is 117 Å². The molecule has 0 spiro atoms. The molecular weight excluding hydrogens is 271 g/mol. The van der Waals surface area contributed by atoms with Crippen molar-refractivity contribution in [3.05, 3.63) is 34.6 Å². The van der Waals surface area contributed by atoms with Crippen LogP contribution >= 0.6 is 11.6 Å². The van der Waals surface area contributed by atoms with E-state index in [1.807, 2.05) is 0 Å². The Morgan fingerprint density at radius 2 is 1.95 bits per heavy atom. The molecule has 3 nitrogen and oxygen atoms in total. The van der Waals surface area contributed by atoms with E-state index in [1.165, 1.54) is 13.0 Å². The minimum atomic E-state index is -1.16. The van der Waals surface area contributed by atoms with Crippen molar-refractivity contribution in [2.24, 2.45) is 5.92 Å². The van der Waals surface area contributed by atoms with E-state index in [9.17, 15) is 14.3 Å². The summed E-state index contributed by atoms with van der Waals surface area (Å²) in [6, 6.07) is 3.71. The zero-order valence-electron chi connectivity index (χ0n) is 11.4. The summed E-state index contributed by atoms with van der Waals surface area (Å²) < 4.78 is 18.4. The van der Waals surface area contributed by atoms with E-state index >= 15 is 0 Å². The second kappa shape index (κ2) is 5.88. The van der Waals surface area contributed by atoms with Crippen LogP contribution in [0.1, 0.15) is 39.4 Å². The molecule has 1 rings (SSSR count). The van der Waals surface area contributed by atoms with Gasteiger partial charge in [0.15, 0.2) is 0 Å². The minimum Gasteiger partial charge on any atom is -0.460 e. The number of hydrogen-bond acceptors (Lipinski definition) is 3. The molecule has 0 aliphatic carbocycles. The van der Waals surface area contributed by atoms with Gasteiger partial charge in [-0.15, -0.1) is 0 Å². The fourth-order valence-corrected chi connectivity index (χ4v) is 1.79. The highest BCUT2D eigenvalue weighted by Gasteiger charge is 2.28. The quantitative estimate of drug-likeness (QED) is 0.866. The molecule has 1 aromatic rings. The summed E-state index contributed by atoms with van der Waals surface area (Å²) in [5, 5.41) is 10.3. The summed E-state index contributed by atoms with van der Waals surface area (Å²) in [7, 11) is 0. The monoisotopic (exact) mass is 288 g/mol. The van der Waals surface area contributed by atoms with Crippen molar-refractivity contribution in [1.29, 1.82) is 0 Å². The number of halogens is 2. The van der Waals surface area contributed by atoms with Crippen molar-refractivity contribution >= 4 is 17.6 Å². The van der Waals surface area contributed by atoms with E-state index in [0.29, 0.717) is 0 Å². The maximum Gasteiger partial charge on any atom is 0.312 e. The topological polar surface area (TPSA) is 46.5 Å². The SMILES string of the molecule is CC(C(=O)OC(C)(C)C)C(O)c1cc(F)cc(Cl)c1. The van der Waals surface area contributed by atoms with Gasteiger partial charge >= 0.3 is 5.97 Å². The summed E-state index contributed by atoms with van der Waals surface area (Å²) in [5.74, 6) is -1.91. The van der Waals surface area contributed by atoms with E-state index in [0.717, 1.165) is 12.1 Å². The third-order valence-corrected chi connectivity index (χ3v) is 2.70. The van der Waals surface area contributed by atoms with Crippen LogP contribution in [0, 0.1) is 11.7 Å². The van der Waals surface area contributed by atoms with Crippen molar-refractivity contribution in [2.45, 2.75) is 39.4 Å². The van der Waals surface area contributed by atoms with Crippen LogP contribution in [0.3, 0.4) is 0 Å². The lowest BCUT2D eigenvalue weighted by molar-refractivity contribution is -0.163. The highest BCUT2D eigenvalue weighted by atomic mass is 35.5. The molecule has 1 aromatic carbocycles. The average molecular weight is 289 g/mol. The maximum atomic E-state index is 13.2. The number of hydrogen-bond donors (Lipinski definition) is 1. The summed E-state index contributed by atoms with van der Waals surface area (Å²) in [4.78, 5) is 11.8. The van der Waals surface area contributed by atoms with Gasteiger partial charge in [0.1, 0.15) is 11.4 Å². The molecule has 0 aliphatic rings. The van der Waals surface area contributed by atoms with Gasteiger partial charge in [0.2, 0.25) is 0 Å². The first-order valence-corrected chi connectivity index (χ1v) is 6.35. The van der Waals surface area contributed by atoms with Crippen LogP contribution in [0.5, 0.6) is 0 Å². The van der Waals surface area contributed by atoms with Crippen molar-refractivity contribution < 1.29 is 19.0 Å². The number of esters is 1. The lowest BCUT2D eigenvalue weighted by atomic mass is 9.97. The molecule has 2 unspecified atom stereocenters. The Bertz CT molecular complexity index is 448. The molecule has 0 saturated heterocycles. The molecule has 0 radical (unpaired) electrons. The van der Waals surface area contributed by atoms with Gasteiger partial charge in [-0.2, -0.15) is 0 Å². The van der Waals surface area contributed by atoms with Crippen molar-refractivity contribution in [3.63, 3.8) is 0 Å². The zero-order valence-corrected chi connectivity index (χ0v) is 12.2. The number of carbonyl (C=O) groups is 1. The Balaban J connectivity index is 2.87. The van der Waals surface area contributed by atoms with Gasteiger partial charge in [0.05, 0.1) is 12.0 Å². The van der Waals surface area contributed by atoms with E-state index in [1.54, 1.807) is 20.8 Å². The van der Waals surface area contributed by atoms with Gasteiger partial charge in [-0.25, -0.2) is 4.39 Å². The van der Waals surface area contributed by atoms with Gasteiger partial charge in [-0.05, 0) is 51.5 Å². The Morgan fingerprint density at radius 3 is 2.42 bits per heavy atom. The third-order valence-electron chi connectivity index (χ3n) is 2.48. The van der Waals surface area contributed by atoms with E-state index in [2.05, 4.69) is 0 Å². The zero-order chi connectivity index (χ0) is 14.8. The molecule has 0 aliphatic heterocycles. The summed E-state index contributed by atoms with van der Waals surface area (Å²) in [6.07, 6.45) is -1.16. The predicted molar refractivity (Wildman–Crippen MR) is 71.4 cm³/mol. The van der Waals surface area contributed by atoms with Crippen LogP contribution in [-0.2, 0) is 9.53 Å². The van der Waals surface area contributed by atoms with Crippen LogP contribution in [-0.4, -0.2) is 16.7 Å². The van der Waals surface area contributed by atoms with Gasteiger partial charge in [0.25, 0.3) is 0 Å². The first kappa shape index (κ1) is 15.9. The summed E-state index contributed by atoms with van der Waals surface area (Å²) in [6.45, 7) is 6.74. The molecule has 1 N–H and O–H groups in total. The van der Waals surface area contributed by atoms with Crippen molar-refractivity contribution in [3.8, 4) is 0 Å². The third kappa shape index (κ3) is 4.80. The predicted octanol–water partition coefficient (Wildman–Crippen LogP) is 3.49. The second-order valence-electron chi connectivity index (χ2n) is 5.47. The lowest BCUT2D eigenvalue weighted by Crippen LogP contribution is -2.30. The highest BCUT2D eigenvalue weighted by Crippen LogP contribution is 2.27.